The molecule has 0 spiro atoms. The molecule has 2 rings (SSSR count). The van der Waals surface area contributed by atoms with E-state index in [1.54, 1.807) is 18.2 Å². The van der Waals surface area contributed by atoms with Crippen LogP contribution in [0.4, 0.5) is 4.39 Å². The molecule has 84 valence electrons. The van der Waals surface area contributed by atoms with E-state index in [4.69, 9.17) is 0 Å². The molecule has 0 aliphatic carbocycles. The SMILES string of the molecule is C=CC(=O)N1CC(F)(c2ccccc2Br)C1. The molecule has 0 N–H and O–H groups in total. The van der Waals surface area contributed by atoms with E-state index >= 15 is 0 Å². The lowest BCUT2D eigenvalue weighted by Gasteiger charge is -2.44. The maximum absolute atomic E-state index is 14.4. The highest BCUT2D eigenvalue weighted by molar-refractivity contribution is 9.10. The Labute approximate surface area is 102 Å². The zero-order valence-electron chi connectivity index (χ0n) is 8.62. The third-order valence-electron chi connectivity index (χ3n) is 2.73. The molecule has 1 heterocycles. The van der Waals surface area contributed by atoms with E-state index in [1.807, 2.05) is 6.07 Å². The lowest BCUT2D eigenvalue weighted by atomic mass is 9.88. The molecular weight excluding hydrogens is 273 g/mol. The van der Waals surface area contributed by atoms with Crippen molar-refractivity contribution in [2.75, 3.05) is 13.1 Å². The van der Waals surface area contributed by atoms with Crippen molar-refractivity contribution in [2.45, 2.75) is 5.67 Å². The van der Waals surface area contributed by atoms with E-state index in [2.05, 4.69) is 22.5 Å². The summed E-state index contributed by atoms with van der Waals surface area (Å²) in [6, 6.07) is 7.16. The molecule has 1 fully saturated rings. The van der Waals surface area contributed by atoms with Crippen molar-refractivity contribution in [1.29, 1.82) is 0 Å². The summed E-state index contributed by atoms with van der Waals surface area (Å²) in [5.41, 5.74) is -0.832. The normalized spacial score (nSPS) is 17.8. The Hall–Kier alpha value is -1.16. The van der Waals surface area contributed by atoms with Gasteiger partial charge in [0.15, 0.2) is 5.67 Å². The van der Waals surface area contributed by atoms with Crippen LogP contribution < -0.4 is 0 Å². The van der Waals surface area contributed by atoms with Gasteiger partial charge in [-0.25, -0.2) is 4.39 Å². The smallest absolute Gasteiger partial charge is 0.246 e. The molecule has 1 aliphatic rings. The van der Waals surface area contributed by atoms with E-state index in [9.17, 15) is 9.18 Å². The monoisotopic (exact) mass is 283 g/mol. The van der Waals surface area contributed by atoms with Crippen molar-refractivity contribution in [3.8, 4) is 0 Å². The summed E-state index contributed by atoms with van der Waals surface area (Å²) in [4.78, 5) is 12.7. The maximum atomic E-state index is 14.4. The van der Waals surface area contributed by atoms with E-state index in [0.29, 0.717) is 5.56 Å². The van der Waals surface area contributed by atoms with Crippen molar-refractivity contribution >= 4 is 21.8 Å². The predicted octanol–water partition coefficient (Wildman–Crippen LogP) is 2.64. The van der Waals surface area contributed by atoms with Crippen molar-refractivity contribution in [1.82, 2.24) is 4.90 Å². The van der Waals surface area contributed by atoms with Crippen LogP contribution in [0.2, 0.25) is 0 Å². The second-order valence-corrected chi connectivity index (χ2v) is 4.70. The Balaban J connectivity index is 2.17. The molecule has 0 atom stereocenters. The number of rotatable bonds is 2. The first-order chi connectivity index (χ1) is 7.57. The average Bonchev–Trinajstić information content (AvgIpc) is 2.24. The lowest BCUT2D eigenvalue weighted by Crippen LogP contribution is -2.58. The molecule has 0 aromatic heterocycles. The van der Waals surface area contributed by atoms with Gasteiger partial charge in [0.05, 0.1) is 13.1 Å². The van der Waals surface area contributed by atoms with Gasteiger partial charge >= 0.3 is 0 Å². The van der Waals surface area contributed by atoms with Crippen molar-refractivity contribution in [3.05, 3.63) is 47.0 Å². The Morgan fingerprint density at radius 1 is 1.50 bits per heavy atom. The summed E-state index contributed by atoms with van der Waals surface area (Å²) in [7, 11) is 0. The minimum absolute atomic E-state index is 0.0977. The van der Waals surface area contributed by atoms with Crippen LogP contribution in [0, 0.1) is 0 Å². The highest BCUT2D eigenvalue weighted by atomic mass is 79.9. The lowest BCUT2D eigenvalue weighted by molar-refractivity contribution is -0.140. The zero-order chi connectivity index (χ0) is 11.8. The Kier molecular flexibility index (Phi) is 2.84. The van der Waals surface area contributed by atoms with Crippen LogP contribution in [0.15, 0.2) is 41.4 Å². The summed E-state index contributed by atoms with van der Waals surface area (Å²) in [6.07, 6.45) is 1.21. The molecule has 1 aromatic carbocycles. The molecule has 4 heteroatoms. The Morgan fingerprint density at radius 3 is 2.69 bits per heavy atom. The first-order valence-electron chi connectivity index (χ1n) is 4.92. The first kappa shape index (κ1) is 11.3. The van der Waals surface area contributed by atoms with Gasteiger partial charge in [0, 0.05) is 10.0 Å². The molecule has 0 bridgehead atoms. The van der Waals surface area contributed by atoms with Gasteiger partial charge in [0.25, 0.3) is 0 Å². The standard InChI is InChI=1S/C12H11BrFNO/c1-2-11(16)15-7-12(14,8-15)9-5-3-4-6-10(9)13/h2-6H,1,7-8H2. The maximum Gasteiger partial charge on any atom is 0.246 e. The first-order valence-corrected chi connectivity index (χ1v) is 5.71. The molecule has 0 saturated carbocycles. The van der Waals surface area contributed by atoms with Crippen molar-refractivity contribution in [3.63, 3.8) is 0 Å². The number of benzene rings is 1. The second-order valence-electron chi connectivity index (χ2n) is 3.84. The highest BCUT2D eigenvalue weighted by Crippen LogP contribution is 2.39. The number of hydrogen-bond donors (Lipinski definition) is 0. The number of nitrogens with zero attached hydrogens (tertiary/aromatic N) is 1. The summed E-state index contributed by atoms with van der Waals surface area (Å²) < 4.78 is 15.1. The third kappa shape index (κ3) is 1.78. The molecule has 2 nitrogen and oxygen atoms in total. The van der Waals surface area contributed by atoms with E-state index in [0.717, 1.165) is 4.47 Å². The fraction of sp³-hybridized carbons (Fsp3) is 0.250. The van der Waals surface area contributed by atoms with E-state index < -0.39 is 5.67 Å². The van der Waals surface area contributed by atoms with Crippen molar-refractivity contribution < 1.29 is 9.18 Å². The van der Waals surface area contributed by atoms with Crippen molar-refractivity contribution in [2.24, 2.45) is 0 Å². The number of halogens is 2. The molecule has 1 aromatic rings. The molecule has 16 heavy (non-hydrogen) atoms. The van der Waals surface area contributed by atoms with Gasteiger partial charge in [-0.1, -0.05) is 40.7 Å². The van der Waals surface area contributed by atoms with Crippen LogP contribution in [0.1, 0.15) is 5.56 Å². The van der Waals surface area contributed by atoms with Gasteiger partial charge < -0.3 is 4.90 Å². The van der Waals surface area contributed by atoms with Gasteiger partial charge in [-0.2, -0.15) is 0 Å². The van der Waals surface area contributed by atoms with E-state index in [-0.39, 0.29) is 19.0 Å². The van der Waals surface area contributed by atoms with Gasteiger partial charge in [0.2, 0.25) is 5.91 Å². The zero-order valence-corrected chi connectivity index (χ0v) is 10.2. The average molecular weight is 284 g/mol. The number of carbonyl (C=O) groups excluding carboxylic acids is 1. The number of alkyl halides is 1. The summed E-state index contributed by atoms with van der Waals surface area (Å²) in [6.45, 7) is 3.57. The van der Waals surface area contributed by atoms with Gasteiger partial charge in [-0.15, -0.1) is 0 Å². The summed E-state index contributed by atoms with van der Waals surface area (Å²) >= 11 is 3.32. The minimum atomic E-state index is -1.43. The van der Waals surface area contributed by atoms with Crippen LogP contribution >= 0.6 is 15.9 Å². The van der Waals surface area contributed by atoms with Crippen LogP contribution in [0.5, 0.6) is 0 Å². The van der Waals surface area contributed by atoms with Crippen LogP contribution in [0.3, 0.4) is 0 Å². The van der Waals surface area contributed by atoms with Gasteiger partial charge in [-0.05, 0) is 12.1 Å². The molecule has 1 amide bonds. The van der Waals surface area contributed by atoms with Gasteiger partial charge in [0.1, 0.15) is 0 Å². The highest BCUT2D eigenvalue weighted by Gasteiger charge is 2.47. The second kappa shape index (κ2) is 4.01. The number of amides is 1. The van der Waals surface area contributed by atoms with Crippen LogP contribution in [-0.4, -0.2) is 23.9 Å². The van der Waals surface area contributed by atoms with Crippen LogP contribution in [0.25, 0.3) is 0 Å². The molecule has 0 unspecified atom stereocenters. The fourth-order valence-electron chi connectivity index (χ4n) is 1.84. The largest absolute Gasteiger partial charge is 0.332 e. The minimum Gasteiger partial charge on any atom is -0.332 e. The van der Waals surface area contributed by atoms with Gasteiger partial charge in [-0.3, -0.25) is 4.79 Å². The molecule has 0 radical (unpaired) electrons. The third-order valence-corrected chi connectivity index (χ3v) is 3.42. The fourth-order valence-corrected chi connectivity index (χ4v) is 2.48. The van der Waals surface area contributed by atoms with Crippen LogP contribution in [-0.2, 0) is 10.5 Å². The van der Waals surface area contributed by atoms with E-state index in [1.165, 1.54) is 11.0 Å². The quantitative estimate of drug-likeness (QED) is 0.764. The molecule has 1 aliphatic heterocycles. The Morgan fingerprint density at radius 2 is 2.12 bits per heavy atom. The molecule has 1 saturated heterocycles. The number of likely N-dealkylation sites (tertiary alicyclic amines) is 1. The summed E-state index contributed by atoms with van der Waals surface area (Å²) in [5, 5.41) is 0. The topological polar surface area (TPSA) is 20.3 Å². The number of carbonyl (C=O) groups is 1. The molecular formula is C12H11BrFNO. The predicted molar refractivity (Wildman–Crippen MR) is 63.7 cm³/mol. The Bertz CT molecular complexity index is 440. The number of hydrogen-bond acceptors (Lipinski definition) is 1. The summed E-state index contributed by atoms with van der Waals surface area (Å²) in [5.74, 6) is -0.222.